The first-order chi connectivity index (χ1) is 10.3. The Balaban J connectivity index is 1.64. The van der Waals surface area contributed by atoms with E-state index in [4.69, 9.17) is 5.26 Å². The summed E-state index contributed by atoms with van der Waals surface area (Å²) < 4.78 is 0. The topological polar surface area (TPSA) is 64.9 Å². The molecule has 1 aliphatic carbocycles. The van der Waals surface area contributed by atoms with Gasteiger partial charge in [-0.2, -0.15) is 5.26 Å². The monoisotopic (exact) mass is 285 g/mol. The lowest BCUT2D eigenvalue weighted by atomic mass is 9.87. The fourth-order valence-electron chi connectivity index (χ4n) is 2.86. The minimum atomic E-state index is -0.131. The van der Waals surface area contributed by atoms with Gasteiger partial charge in [-0.15, -0.1) is 0 Å². The zero-order valence-electron chi connectivity index (χ0n) is 12.4. The number of nitrogens with one attached hydrogen (secondary N) is 2. The van der Waals surface area contributed by atoms with Crippen molar-refractivity contribution in [2.45, 2.75) is 45.1 Å². The predicted molar refractivity (Wildman–Crippen MR) is 82.6 cm³/mol. The molecular formula is C17H23N3O. The lowest BCUT2D eigenvalue weighted by Crippen LogP contribution is -2.36. The van der Waals surface area contributed by atoms with Crippen molar-refractivity contribution >= 4 is 6.03 Å². The van der Waals surface area contributed by atoms with Crippen LogP contribution in [0, 0.1) is 17.2 Å². The Kier molecular flexibility index (Phi) is 6.08. The highest BCUT2D eigenvalue weighted by Gasteiger charge is 2.13. The summed E-state index contributed by atoms with van der Waals surface area (Å²) in [7, 11) is 0. The van der Waals surface area contributed by atoms with Crippen molar-refractivity contribution in [2.75, 3.05) is 6.54 Å². The molecule has 0 unspecified atom stereocenters. The SMILES string of the molecule is N#Cc1cccc(CNC(=O)NCCC2CCCCC2)c1. The molecule has 0 atom stereocenters. The maximum atomic E-state index is 11.7. The standard InChI is InChI=1S/C17H23N3O/c18-12-15-7-4-8-16(11-15)13-20-17(21)19-10-9-14-5-2-1-3-6-14/h4,7-8,11,14H,1-3,5-6,9-10,13H2,(H2,19,20,21). The molecule has 112 valence electrons. The minimum Gasteiger partial charge on any atom is -0.338 e. The van der Waals surface area contributed by atoms with Gasteiger partial charge in [0.2, 0.25) is 0 Å². The molecule has 0 saturated heterocycles. The van der Waals surface area contributed by atoms with Crippen LogP contribution in [0.4, 0.5) is 4.79 Å². The summed E-state index contributed by atoms with van der Waals surface area (Å²) in [6.07, 6.45) is 7.75. The fraction of sp³-hybridized carbons (Fsp3) is 0.529. The maximum absolute atomic E-state index is 11.7. The highest BCUT2D eigenvalue weighted by molar-refractivity contribution is 5.73. The Morgan fingerprint density at radius 3 is 2.81 bits per heavy atom. The van der Waals surface area contributed by atoms with Gasteiger partial charge in [0.15, 0.2) is 0 Å². The van der Waals surface area contributed by atoms with Gasteiger partial charge in [-0.05, 0) is 30.0 Å². The van der Waals surface area contributed by atoms with Gasteiger partial charge in [-0.25, -0.2) is 4.79 Å². The van der Waals surface area contributed by atoms with Crippen molar-refractivity contribution in [1.29, 1.82) is 5.26 Å². The average molecular weight is 285 g/mol. The first-order valence-corrected chi connectivity index (χ1v) is 7.78. The third kappa shape index (κ3) is 5.47. The van der Waals surface area contributed by atoms with Gasteiger partial charge >= 0.3 is 6.03 Å². The van der Waals surface area contributed by atoms with E-state index in [1.807, 2.05) is 12.1 Å². The van der Waals surface area contributed by atoms with Crippen LogP contribution < -0.4 is 10.6 Å². The van der Waals surface area contributed by atoms with Crippen LogP contribution in [-0.2, 0) is 6.54 Å². The quantitative estimate of drug-likeness (QED) is 0.871. The van der Waals surface area contributed by atoms with Crippen LogP contribution in [0.2, 0.25) is 0 Å². The number of carbonyl (C=O) groups excluding carboxylic acids is 1. The highest BCUT2D eigenvalue weighted by Crippen LogP contribution is 2.25. The molecular weight excluding hydrogens is 262 g/mol. The Labute approximate surface area is 126 Å². The van der Waals surface area contributed by atoms with E-state index < -0.39 is 0 Å². The van der Waals surface area contributed by atoms with Gasteiger partial charge in [-0.3, -0.25) is 0 Å². The average Bonchev–Trinajstić information content (AvgIpc) is 2.54. The van der Waals surface area contributed by atoms with Crippen LogP contribution in [0.25, 0.3) is 0 Å². The first kappa shape index (κ1) is 15.4. The van der Waals surface area contributed by atoms with E-state index in [0.29, 0.717) is 12.1 Å². The lowest BCUT2D eigenvalue weighted by molar-refractivity contribution is 0.238. The van der Waals surface area contributed by atoms with E-state index in [2.05, 4.69) is 16.7 Å². The summed E-state index contributed by atoms with van der Waals surface area (Å²) in [6, 6.07) is 9.25. The Morgan fingerprint density at radius 2 is 2.05 bits per heavy atom. The highest BCUT2D eigenvalue weighted by atomic mass is 16.2. The van der Waals surface area contributed by atoms with Crippen molar-refractivity contribution in [3.8, 4) is 6.07 Å². The van der Waals surface area contributed by atoms with Crippen LogP contribution in [0.3, 0.4) is 0 Å². The number of hydrogen-bond donors (Lipinski definition) is 2. The predicted octanol–water partition coefficient (Wildman–Crippen LogP) is 3.33. The van der Waals surface area contributed by atoms with E-state index in [-0.39, 0.29) is 6.03 Å². The molecule has 1 aromatic rings. The summed E-state index contributed by atoms with van der Waals surface area (Å²) >= 11 is 0. The van der Waals surface area contributed by atoms with E-state index >= 15 is 0 Å². The fourth-order valence-corrected chi connectivity index (χ4v) is 2.86. The normalized spacial score (nSPS) is 15.2. The summed E-state index contributed by atoms with van der Waals surface area (Å²) in [5.41, 5.74) is 1.56. The van der Waals surface area contributed by atoms with Crippen molar-refractivity contribution in [3.63, 3.8) is 0 Å². The molecule has 0 radical (unpaired) electrons. The second kappa shape index (κ2) is 8.31. The number of urea groups is 1. The zero-order valence-corrected chi connectivity index (χ0v) is 12.4. The first-order valence-electron chi connectivity index (χ1n) is 7.78. The third-order valence-electron chi connectivity index (χ3n) is 4.07. The van der Waals surface area contributed by atoms with Gasteiger partial charge in [0.05, 0.1) is 11.6 Å². The summed E-state index contributed by atoms with van der Waals surface area (Å²) in [5.74, 6) is 0.784. The second-order valence-corrected chi connectivity index (χ2v) is 5.71. The molecule has 4 nitrogen and oxygen atoms in total. The number of amides is 2. The molecule has 2 rings (SSSR count). The molecule has 1 saturated carbocycles. The minimum absolute atomic E-state index is 0.131. The number of nitriles is 1. The van der Waals surface area contributed by atoms with Gasteiger partial charge in [0, 0.05) is 13.1 Å². The number of hydrogen-bond acceptors (Lipinski definition) is 2. The maximum Gasteiger partial charge on any atom is 0.315 e. The molecule has 21 heavy (non-hydrogen) atoms. The molecule has 0 heterocycles. The molecule has 2 N–H and O–H groups in total. The van der Waals surface area contributed by atoms with Crippen LogP contribution in [0.5, 0.6) is 0 Å². The van der Waals surface area contributed by atoms with E-state index in [9.17, 15) is 4.79 Å². The molecule has 2 amide bonds. The molecule has 1 aromatic carbocycles. The van der Waals surface area contributed by atoms with E-state index in [0.717, 1.165) is 24.4 Å². The zero-order chi connectivity index (χ0) is 14.9. The second-order valence-electron chi connectivity index (χ2n) is 5.71. The molecule has 0 aliphatic heterocycles. The molecule has 0 bridgehead atoms. The van der Waals surface area contributed by atoms with Gasteiger partial charge in [-0.1, -0.05) is 44.2 Å². The lowest BCUT2D eigenvalue weighted by Gasteiger charge is -2.21. The Hall–Kier alpha value is -2.02. The van der Waals surface area contributed by atoms with Crippen molar-refractivity contribution in [2.24, 2.45) is 5.92 Å². The van der Waals surface area contributed by atoms with Crippen molar-refractivity contribution in [3.05, 3.63) is 35.4 Å². The largest absolute Gasteiger partial charge is 0.338 e. The number of nitrogens with zero attached hydrogens (tertiary/aromatic N) is 1. The molecule has 0 spiro atoms. The smallest absolute Gasteiger partial charge is 0.315 e. The van der Waals surface area contributed by atoms with Gasteiger partial charge in [0.1, 0.15) is 0 Å². The van der Waals surface area contributed by atoms with Crippen LogP contribution in [-0.4, -0.2) is 12.6 Å². The van der Waals surface area contributed by atoms with Crippen LogP contribution in [0.1, 0.15) is 49.7 Å². The number of carbonyl (C=O) groups is 1. The van der Waals surface area contributed by atoms with E-state index in [1.54, 1.807) is 12.1 Å². The molecule has 1 fully saturated rings. The van der Waals surface area contributed by atoms with Crippen molar-refractivity contribution in [1.82, 2.24) is 10.6 Å². The molecule has 4 heteroatoms. The van der Waals surface area contributed by atoms with E-state index in [1.165, 1.54) is 32.1 Å². The van der Waals surface area contributed by atoms with Gasteiger partial charge in [0.25, 0.3) is 0 Å². The third-order valence-corrected chi connectivity index (χ3v) is 4.07. The van der Waals surface area contributed by atoms with Gasteiger partial charge < -0.3 is 10.6 Å². The van der Waals surface area contributed by atoms with Crippen LogP contribution in [0.15, 0.2) is 24.3 Å². The molecule has 1 aliphatic rings. The Morgan fingerprint density at radius 1 is 1.24 bits per heavy atom. The molecule has 0 aromatic heterocycles. The number of rotatable bonds is 5. The Bertz CT molecular complexity index is 501. The van der Waals surface area contributed by atoms with Crippen LogP contribution >= 0.6 is 0 Å². The summed E-state index contributed by atoms with van der Waals surface area (Å²) in [4.78, 5) is 11.7. The number of benzene rings is 1. The summed E-state index contributed by atoms with van der Waals surface area (Å²) in [5, 5.41) is 14.6. The summed E-state index contributed by atoms with van der Waals surface area (Å²) in [6.45, 7) is 1.19. The van der Waals surface area contributed by atoms with Crippen molar-refractivity contribution < 1.29 is 4.79 Å².